The number of Topliss-reactive ketones (excluding diaryl/α,β-unsaturated/α-hetero) is 1. The average Bonchev–Trinajstić information content (AvgIpc) is 3.23. The van der Waals surface area contributed by atoms with Crippen molar-refractivity contribution < 1.29 is 39.2 Å². The summed E-state index contributed by atoms with van der Waals surface area (Å²) >= 11 is 0. The molecule has 2 heterocycles. The lowest BCUT2D eigenvalue weighted by molar-refractivity contribution is -0.149. The normalized spacial score (nSPS) is 17.8. The smallest absolute Gasteiger partial charge is 0.305 e. The Morgan fingerprint density at radius 2 is 1.32 bits per heavy atom. The number of rotatable bonds is 17. The van der Waals surface area contributed by atoms with Gasteiger partial charge in [-0.2, -0.15) is 0 Å². The minimum absolute atomic E-state index is 0. The van der Waals surface area contributed by atoms with Crippen LogP contribution in [0.15, 0.2) is 71.4 Å². The predicted octanol–water partition coefficient (Wildman–Crippen LogP) is 7.58. The lowest BCUT2D eigenvalue weighted by Crippen LogP contribution is -2.50. The molecule has 0 spiro atoms. The number of benzene rings is 4. The first-order valence-electron chi connectivity index (χ1n) is 21.1. The Morgan fingerprint density at radius 3 is 1.95 bits per heavy atom. The van der Waals surface area contributed by atoms with Gasteiger partial charge >= 0.3 is 11.9 Å². The third-order valence-electron chi connectivity index (χ3n) is 11.1. The van der Waals surface area contributed by atoms with Gasteiger partial charge in [-0.1, -0.05) is 95.7 Å². The number of esters is 2. The van der Waals surface area contributed by atoms with E-state index >= 15 is 0 Å². The number of carbonyl (C=O) groups is 3. The number of unbranched alkanes of at least 4 members (excludes halogenated alkanes) is 6. The molecular weight excluding hydrogens is 761 g/mol. The molecule has 0 radical (unpaired) electrons. The highest BCUT2D eigenvalue weighted by molar-refractivity contribution is 6.53. The van der Waals surface area contributed by atoms with Crippen LogP contribution in [0.5, 0.6) is 0 Å². The number of nitrogens with zero attached hydrogens (tertiary/aromatic N) is 1. The molecule has 0 saturated heterocycles. The van der Waals surface area contributed by atoms with E-state index in [4.69, 9.17) is 19.2 Å². The van der Waals surface area contributed by atoms with Crippen LogP contribution in [0.2, 0.25) is 0 Å². The third-order valence-corrected chi connectivity index (χ3v) is 11.1. The van der Waals surface area contributed by atoms with Crippen molar-refractivity contribution in [2.24, 2.45) is 4.99 Å². The highest BCUT2D eigenvalue weighted by atomic mass is 16.6. The number of aliphatic hydroxyl groups is 1. The van der Waals surface area contributed by atoms with Crippen LogP contribution >= 0.6 is 0 Å². The van der Waals surface area contributed by atoms with Crippen LogP contribution in [0.25, 0.3) is 32.7 Å². The standard InChI is InChI=1S/C48H54N4O7.H2O/c1-5-8-11-20-39(53)58-29-48(30-59-40(54)21-12-9-6-2)51-36-19-15-17-32-34(23-25-38(52-48)42(32)36)44-45(55)43(46(44)56)33-22-24-37-41-31(33)16-14-18-35(41)49-47(4,50-37)26-28-57-27-13-10-7-3;/h14-19,22-25,49-51,55H,5-13,20-21,27,29-30H2,1-4H3;1H2/b44-34-;. The van der Waals surface area contributed by atoms with Crippen LogP contribution in [-0.2, 0) is 28.6 Å². The quantitative estimate of drug-likeness (QED) is 0.0472. The molecule has 1 aliphatic carbocycles. The van der Waals surface area contributed by atoms with Crippen molar-refractivity contribution in [1.29, 1.82) is 0 Å². The van der Waals surface area contributed by atoms with Crippen LogP contribution in [-0.4, -0.2) is 59.5 Å². The van der Waals surface area contributed by atoms with Crippen molar-refractivity contribution in [2.75, 3.05) is 35.8 Å². The summed E-state index contributed by atoms with van der Waals surface area (Å²) in [7, 11) is 0. The highest BCUT2D eigenvalue weighted by Gasteiger charge is 2.39. The maximum Gasteiger partial charge on any atom is 0.305 e. The largest absolute Gasteiger partial charge is 0.506 e. The Balaban J connectivity index is 0.00000604. The Kier molecular flexibility index (Phi) is 13.7. The molecule has 12 heteroatoms. The van der Waals surface area contributed by atoms with Crippen LogP contribution in [0.1, 0.15) is 104 Å². The molecule has 0 bridgehead atoms. The van der Waals surface area contributed by atoms with E-state index in [0.717, 1.165) is 85.3 Å². The summed E-state index contributed by atoms with van der Waals surface area (Å²) in [6, 6.07) is 18.9. The van der Waals surface area contributed by atoms with Gasteiger partial charge in [-0.15, -0.1) is 0 Å². The SMILES string of the molecule is CCCCCOC#CC1(C)Nc2cccc3c(C4=C(O)/C(=c5\ccc6c7c(cccc57)NC(COC(=O)CCCCC)(COC(=O)CCCCC)N=6)C4=O)ccc(c23)N1.O. The van der Waals surface area contributed by atoms with Crippen LogP contribution in [0, 0.1) is 12.0 Å². The molecule has 0 amide bonds. The summed E-state index contributed by atoms with van der Waals surface area (Å²) in [6.45, 7) is 8.56. The fraction of sp³-hybridized carbons (Fsp3) is 0.417. The van der Waals surface area contributed by atoms with Crippen molar-refractivity contribution in [3.05, 3.63) is 82.6 Å². The zero-order valence-electron chi connectivity index (χ0n) is 35.0. The molecule has 4 aromatic rings. The number of ketones is 1. The molecule has 3 aliphatic rings. The van der Waals surface area contributed by atoms with E-state index < -0.39 is 11.3 Å². The van der Waals surface area contributed by atoms with E-state index in [1.54, 1.807) is 12.1 Å². The Bertz CT molecular complexity index is 2480. The molecule has 0 aromatic heterocycles. The van der Waals surface area contributed by atoms with E-state index in [2.05, 4.69) is 48.7 Å². The maximum absolute atomic E-state index is 14.2. The highest BCUT2D eigenvalue weighted by Crippen LogP contribution is 2.45. The minimum Gasteiger partial charge on any atom is -0.506 e. The number of nitrogens with one attached hydrogen (secondary N) is 3. The summed E-state index contributed by atoms with van der Waals surface area (Å²) in [6.07, 6.45) is 11.9. The maximum atomic E-state index is 14.2. The first-order chi connectivity index (χ1) is 28.6. The monoisotopic (exact) mass is 816 g/mol. The number of hydrogen-bond donors (Lipinski definition) is 4. The number of anilines is 3. The van der Waals surface area contributed by atoms with E-state index in [-0.39, 0.29) is 53.3 Å². The van der Waals surface area contributed by atoms with E-state index in [1.165, 1.54) is 0 Å². The van der Waals surface area contributed by atoms with Crippen LogP contribution < -0.4 is 26.5 Å². The third kappa shape index (κ3) is 8.92. The fourth-order valence-corrected chi connectivity index (χ4v) is 8.06. The number of hydrogen-bond acceptors (Lipinski definition) is 11. The van der Waals surface area contributed by atoms with Gasteiger partial charge in [-0.05, 0) is 77.9 Å². The zero-order chi connectivity index (χ0) is 41.6. The molecule has 7 rings (SSSR count). The Hall–Kier alpha value is -6.06. The van der Waals surface area contributed by atoms with Gasteiger partial charge in [0.15, 0.2) is 11.3 Å². The topological polar surface area (TPSA) is 179 Å². The summed E-state index contributed by atoms with van der Waals surface area (Å²) < 4.78 is 17.1. The number of aliphatic hydroxyl groups excluding tert-OH is 1. The minimum atomic E-state index is -1.26. The van der Waals surface area contributed by atoms with Crippen LogP contribution in [0.4, 0.5) is 17.1 Å². The molecule has 60 heavy (non-hydrogen) atoms. The van der Waals surface area contributed by atoms with Gasteiger partial charge in [-0.25, -0.2) is 4.99 Å². The van der Waals surface area contributed by atoms with E-state index in [0.29, 0.717) is 46.7 Å². The van der Waals surface area contributed by atoms with E-state index in [1.807, 2.05) is 55.5 Å². The van der Waals surface area contributed by atoms with Gasteiger partial charge in [0.1, 0.15) is 31.7 Å². The van der Waals surface area contributed by atoms with Crippen molar-refractivity contribution in [3.8, 4) is 12.0 Å². The predicted molar refractivity (Wildman–Crippen MR) is 236 cm³/mol. The van der Waals surface area contributed by atoms with Gasteiger partial charge in [0, 0.05) is 40.7 Å². The first-order valence-corrected chi connectivity index (χ1v) is 21.1. The molecule has 4 aromatic carbocycles. The second kappa shape index (κ2) is 18.9. The lowest BCUT2D eigenvalue weighted by atomic mass is 9.79. The molecule has 316 valence electrons. The Morgan fingerprint density at radius 1 is 0.717 bits per heavy atom. The summed E-state index contributed by atoms with van der Waals surface area (Å²) in [5.74, 6) is 2.16. The second-order valence-corrected chi connectivity index (χ2v) is 15.8. The van der Waals surface area contributed by atoms with Gasteiger partial charge in [0.2, 0.25) is 5.78 Å². The molecule has 0 fully saturated rings. The molecule has 0 saturated carbocycles. The fourth-order valence-electron chi connectivity index (χ4n) is 8.06. The molecule has 6 N–H and O–H groups in total. The van der Waals surface area contributed by atoms with Crippen molar-refractivity contribution in [3.63, 3.8) is 0 Å². The van der Waals surface area contributed by atoms with Crippen molar-refractivity contribution in [2.45, 2.75) is 110 Å². The molecule has 1 atom stereocenters. The zero-order valence-corrected chi connectivity index (χ0v) is 35.0. The average molecular weight is 817 g/mol. The molecule has 2 aliphatic heterocycles. The second-order valence-electron chi connectivity index (χ2n) is 15.8. The molecular formula is C48H56N4O8. The summed E-state index contributed by atoms with van der Waals surface area (Å²) in [5.41, 5.74) is 1.44. The summed E-state index contributed by atoms with van der Waals surface area (Å²) in [5, 5.41) is 26.5. The van der Waals surface area contributed by atoms with Gasteiger partial charge in [0.25, 0.3) is 0 Å². The van der Waals surface area contributed by atoms with Crippen molar-refractivity contribution >= 4 is 67.5 Å². The van der Waals surface area contributed by atoms with Gasteiger partial charge in [-0.3, -0.25) is 14.4 Å². The number of carbonyl (C=O) groups excluding carboxylic acids is 3. The molecule has 12 nitrogen and oxygen atoms in total. The van der Waals surface area contributed by atoms with Gasteiger partial charge in [0.05, 0.1) is 16.5 Å². The summed E-state index contributed by atoms with van der Waals surface area (Å²) in [4.78, 5) is 44.7. The van der Waals surface area contributed by atoms with E-state index in [9.17, 15) is 19.5 Å². The van der Waals surface area contributed by atoms with Crippen LogP contribution in [0.3, 0.4) is 0 Å². The number of ether oxygens (including phenoxy) is 3. The molecule has 1 unspecified atom stereocenters. The lowest BCUT2D eigenvalue weighted by Gasteiger charge is -2.35. The van der Waals surface area contributed by atoms with Crippen molar-refractivity contribution in [1.82, 2.24) is 0 Å². The number of allylic oxidation sites excluding steroid dienone is 2. The first kappa shape index (κ1) is 43.5. The Labute approximate surface area is 350 Å². The van der Waals surface area contributed by atoms with Gasteiger partial charge < -0.3 is 40.7 Å².